The molecule has 0 aliphatic rings. The van der Waals surface area contributed by atoms with Crippen LogP contribution in [0.1, 0.15) is 10.4 Å². The summed E-state index contributed by atoms with van der Waals surface area (Å²) in [7, 11) is 0. The van der Waals surface area contributed by atoms with E-state index in [4.69, 9.17) is 11.6 Å². The second-order valence-electron chi connectivity index (χ2n) is 3.65. The van der Waals surface area contributed by atoms with Gasteiger partial charge < -0.3 is 4.74 Å². The third-order valence-corrected chi connectivity index (χ3v) is 3.72. The van der Waals surface area contributed by atoms with E-state index >= 15 is 0 Å². The Kier molecular flexibility index (Phi) is 4.72. The zero-order valence-electron chi connectivity index (χ0n) is 10.0. The lowest BCUT2D eigenvalue weighted by Crippen LogP contribution is -2.03. The van der Waals surface area contributed by atoms with Crippen LogP contribution in [-0.2, 0) is 0 Å². The van der Waals surface area contributed by atoms with Crippen LogP contribution in [0.5, 0.6) is 5.75 Å². The molecule has 0 aliphatic heterocycles. The fourth-order valence-corrected chi connectivity index (χ4v) is 2.70. The molecule has 0 amide bonds. The Morgan fingerprint density at radius 1 is 1.25 bits per heavy atom. The maximum atomic E-state index is 12.4. The number of para-hydroxylation sites is 1. The van der Waals surface area contributed by atoms with Crippen molar-refractivity contribution < 1.29 is 13.5 Å². The normalized spacial score (nSPS) is 11.9. The third-order valence-electron chi connectivity index (χ3n) is 2.44. The van der Waals surface area contributed by atoms with E-state index in [1.165, 1.54) is 23.5 Å². The molecule has 0 fully saturated rings. The lowest BCUT2D eigenvalue weighted by molar-refractivity contribution is -0.0500. The van der Waals surface area contributed by atoms with E-state index in [2.05, 4.69) is 4.74 Å². The zero-order chi connectivity index (χ0) is 14.5. The molecule has 0 atom stereocenters. The summed E-state index contributed by atoms with van der Waals surface area (Å²) >= 11 is 7.54. The minimum Gasteiger partial charge on any atom is -0.434 e. The lowest BCUT2D eigenvalue weighted by atomic mass is 10.1. The van der Waals surface area contributed by atoms with E-state index in [1.54, 1.807) is 29.6 Å². The Bertz CT molecular complexity index is 662. The van der Waals surface area contributed by atoms with Crippen molar-refractivity contribution in [3.8, 4) is 11.8 Å². The quantitative estimate of drug-likeness (QED) is 0.746. The molecule has 102 valence electrons. The van der Waals surface area contributed by atoms with Gasteiger partial charge in [0.15, 0.2) is 0 Å². The van der Waals surface area contributed by atoms with E-state index in [9.17, 15) is 14.0 Å². The second-order valence-corrected chi connectivity index (χ2v) is 4.98. The standard InChI is InChI=1S/C14H8ClF2NOS/c15-13(10(8-18)12-6-3-7-20-12)9-4-1-2-5-11(9)19-14(16)17/h1-7,14H. The molecule has 2 nitrogen and oxygen atoms in total. The number of allylic oxidation sites excluding steroid dienone is 1. The molecule has 0 bridgehead atoms. The molecule has 0 aliphatic carbocycles. The summed E-state index contributed by atoms with van der Waals surface area (Å²) in [5.41, 5.74) is 0.492. The van der Waals surface area contributed by atoms with Gasteiger partial charge in [0.1, 0.15) is 11.8 Å². The summed E-state index contributed by atoms with van der Waals surface area (Å²) in [6, 6.07) is 11.6. The largest absolute Gasteiger partial charge is 0.434 e. The van der Waals surface area contributed by atoms with Gasteiger partial charge in [0.25, 0.3) is 0 Å². The Labute approximate surface area is 123 Å². The molecule has 0 spiro atoms. The summed E-state index contributed by atoms with van der Waals surface area (Å²) in [5.74, 6) is -0.0585. The van der Waals surface area contributed by atoms with Gasteiger partial charge in [-0.25, -0.2) is 0 Å². The molecule has 6 heteroatoms. The highest BCUT2D eigenvalue weighted by atomic mass is 35.5. The van der Waals surface area contributed by atoms with Gasteiger partial charge in [0, 0.05) is 10.4 Å². The Morgan fingerprint density at radius 2 is 2.00 bits per heavy atom. The molecule has 1 aromatic carbocycles. The van der Waals surface area contributed by atoms with Crippen molar-refractivity contribution in [3.05, 3.63) is 52.2 Å². The molecular formula is C14H8ClF2NOS. The zero-order valence-corrected chi connectivity index (χ0v) is 11.6. The second kappa shape index (κ2) is 6.51. The number of hydrogen-bond acceptors (Lipinski definition) is 3. The van der Waals surface area contributed by atoms with Crippen LogP contribution in [0.25, 0.3) is 10.6 Å². The van der Waals surface area contributed by atoms with Gasteiger partial charge in [0.2, 0.25) is 0 Å². The summed E-state index contributed by atoms with van der Waals surface area (Å²) in [6.07, 6.45) is 0. The number of hydrogen-bond donors (Lipinski definition) is 0. The Morgan fingerprint density at radius 3 is 2.60 bits per heavy atom. The van der Waals surface area contributed by atoms with E-state index in [0.717, 1.165) is 0 Å². The molecule has 0 saturated carbocycles. The van der Waals surface area contributed by atoms with Crippen LogP contribution >= 0.6 is 22.9 Å². The van der Waals surface area contributed by atoms with Crippen molar-refractivity contribution in [2.45, 2.75) is 6.61 Å². The maximum absolute atomic E-state index is 12.4. The average molecular weight is 312 g/mol. The molecule has 0 saturated heterocycles. The summed E-state index contributed by atoms with van der Waals surface area (Å²) in [5, 5.41) is 11.1. The summed E-state index contributed by atoms with van der Waals surface area (Å²) in [4.78, 5) is 0.671. The fourth-order valence-electron chi connectivity index (χ4n) is 1.61. The Hall–Kier alpha value is -1.90. The molecule has 1 aromatic heterocycles. The van der Waals surface area contributed by atoms with Gasteiger partial charge in [-0.15, -0.1) is 11.3 Å². The lowest BCUT2D eigenvalue weighted by Gasteiger charge is -2.10. The number of nitrogens with zero attached hydrogens (tertiary/aromatic N) is 1. The van der Waals surface area contributed by atoms with E-state index < -0.39 is 6.61 Å². The van der Waals surface area contributed by atoms with Crippen LogP contribution in [0.3, 0.4) is 0 Å². The van der Waals surface area contributed by atoms with Gasteiger partial charge in [-0.1, -0.05) is 29.8 Å². The van der Waals surface area contributed by atoms with Gasteiger partial charge in [0.05, 0.1) is 10.6 Å². The molecule has 0 unspecified atom stereocenters. The van der Waals surface area contributed by atoms with Gasteiger partial charge in [-0.05, 0) is 23.6 Å². The first kappa shape index (κ1) is 14.5. The number of ether oxygens (including phenoxy) is 1. The monoisotopic (exact) mass is 311 g/mol. The molecular weight excluding hydrogens is 304 g/mol. The van der Waals surface area contributed by atoms with Gasteiger partial charge in [-0.2, -0.15) is 14.0 Å². The van der Waals surface area contributed by atoms with Crippen LogP contribution in [0.15, 0.2) is 41.8 Å². The molecule has 2 aromatic rings. The highest BCUT2D eigenvalue weighted by Gasteiger charge is 2.16. The van der Waals surface area contributed by atoms with Crippen molar-refractivity contribution in [2.24, 2.45) is 0 Å². The molecule has 1 heterocycles. The molecule has 2 rings (SSSR count). The van der Waals surface area contributed by atoms with Gasteiger partial charge >= 0.3 is 6.61 Å². The van der Waals surface area contributed by atoms with Gasteiger partial charge in [-0.3, -0.25) is 0 Å². The first-order valence-electron chi connectivity index (χ1n) is 5.51. The topological polar surface area (TPSA) is 33.0 Å². The molecule has 20 heavy (non-hydrogen) atoms. The van der Waals surface area contributed by atoms with E-state index in [1.807, 2.05) is 6.07 Å². The first-order chi connectivity index (χ1) is 9.63. The van der Waals surface area contributed by atoms with E-state index in [0.29, 0.717) is 4.88 Å². The average Bonchev–Trinajstić information content (AvgIpc) is 2.93. The smallest absolute Gasteiger partial charge is 0.387 e. The van der Waals surface area contributed by atoms with Crippen LogP contribution in [-0.4, -0.2) is 6.61 Å². The van der Waals surface area contributed by atoms with Crippen molar-refractivity contribution in [1.82, 2.24) is 0 Å². The molecule has 0 radical (unpaired) electrons. The summed E-state index contributed by atoms with van der Waals surface area (Å²) in [6.45, 7) is -2.95. The van der Waals surface area contributed by atoms with Crippen molar-refractivity contribution >= 4 is 33.5 Å². The number of alkyl halides is 2. The van der Waals surface area contributed by atoms with Crippen molar-refractivity contribution in [1.29, 1.82) is 5.26 Å². The highest BCUT2D eigenvalue weighted by Crippen LogP contribution is 2.36. The minimum atomic E-state index is -2.95. The van der Waals surface area contributed by atoms with Crippen LogP contribution < -0.4 is 4.74 Å². The molecule has 0 N–H and O–H groups in total. The van der Waals surface area contributed by atoms with E-state index in [-0.39, 0.29) is 21.9 Å². The predicted molar refractivity (Wildman–Crippen MR) is 75.7 cm³/mol. The van der Waals surface area contributed by atoms with Crippen LogP contribution in [0.2, 0.25) is 0 Å². The fraction of sp³-hybridized carbons (Fsp3) is 0.0714. The Balaban J connectivity index is 2.52. The maximum Gasteiger partial charge on any atom is 0.387 e. The van der Waals surface area contributed by atoms with Crippen molar-refractivity contribution in [3.63, 3.8) is 0 Å². The number of thiophene rings is 1. The highest BCUT2D eigenvalue weighted by molar-refractivity contribution is 7.11. The summed E-state index contributed by atoms with van der Waals surface area (Å²) < 4.78 is 29.2. The number of nitriles is 1. The number of rotatable bonds is 4. The predicted octanol–water partition coefficient (Wildman–Crippen LogP) is 4.98. The number of benzene rings is 1. The van der Waals surface area contributed by atoms with Crippen molar-refractivity contribution in [2.75, 3.05) is 0 Å². The number of halogens is 3. The van der Waals surface area contributed by atoms with Crippen LogP contribution in [0.4, 0.5) is 8.78 Å². The minimum absolute atomic E-state index is 0.0585. The SMILES string of the molecule is N#CC(=C(Cl)c1ccccc1OC(F)F)c1cccs1. The van der Waals surface area contributed by atoms with Crippen LogP contribution in [0, 0.1) is 11.3 Å². The third kappa shape index (κ3) is 3.16. The first-order valence-corrected chi connectivity index (χ1v) is 6.77.